The molecule has 0 aromatic heterocycles. The van der Waals surface area contributed by atoms with E-state index in [0.29, 0.717) is 6.54 Å². The van der Waals surface area contributed by atoms with Gasteiger partial charge < -0.3 is 0 Å². The number of hydroxylamine groups is 1. The number of rotatable bonds is 3. The smallest absolute Gasteiger partial charge is 0.257 e. The van der Waals surface area contributed by atoms with Crippen LogP contribution in [0.3, 0.4) is 0 Å². The van der Waals surface area contributed by atoms with Gasteiger partial charge >= 0.3 is 0 Å². The highest BCUT2D eigenvalue weighted by atomic mass is 32.7. The molecule has 1 heterocycles. The highest BCUT2D eigenvalue weighted by Gasteiger charge is 2.34. The minimum atomic E-state index is -2.84. The van der Waals surface area contributed by atoms with Crippen molar-refractivity contribution in [1.82, 2.24) is 10.2 Å². The van der Waals surface area contributed by atoms with E-state index in [1.807, 2.05) is 30.3 Å². The van der Waals surface area contributed by atoms with Crippen molar-refractivity contribution in [3.05, 3.63) is 30.3 Å². The maximum absolute atomic E-state index is 13.4. The van der Waals surface area contributed by atoms with Crippen LogP contribution >= 0.6 is 17.9 Å². The number of hydrogen-bond donors (Lipinski definition) is 2. The van der Waals surface area contributed by atoms with Crippen molar-refractivity contribution < 1.29 is 14.6 Å². The predicted molar refractivity (Wildman–Crippen MR) is 81.5 cm³/mol. The van der Waals surface area contributed by atoms with E-state index >= 15 is 0 Å². The minimum Gasteiger partial charge on any atom is -0.289 e. The Morgan fingerprint density at radius 3 is 2.75 bits per heavy atom. The monoisotopic (exact) mass is 314 g/mol. The average molecular weight is 314 g/mol. The fraction of sp³-hybridized carbons (Fsp3) is 0.462. The topological polar surface area (TPSA) is 69.6 Å². The Morgan fingerprint density at radius 2 is 2.05 bits per heavy atom. The third-order valence-electron chi connectivity index (χ3n) is 3.23. The first-order chi connectivity index (χ1) is 9.66. The molecule has 110 valence electrons. The molecule has 1 aliphatic rings. The summed E-state index contributed by atoms with van der Waals surface area (Å²) in [4.78, 5) is 11.5. The maximum atomic E-state index is 13.4. The number of nitrogens with one attached hydrogen (secondary N) is 1. The summed E-state index contributed by atoms with van der Waals surface area (Å²) in [5, 5.41) is 9.47. The Kier molecular flexibility index (Phi) is 5.66. The molecule has 0 radical (unpaired) electrons. The molecule has 1 unspecified atom stereocenters. The number of benzene rings is 1. The summed E-state index contributed by atoms with van der Waals surface area (Å²) in [5.74, 6) is 0.297. The van der Waals surface area contributed by atoms with E-state index in [-0.39, 0.29) is 6.54 Å². The van der Waals surface area contributed by atoms with Gasteiger partial charge in [-0.3, -0.25) is 14.6 Å². The van der Waals surface area contributed by atoms with Gasteiger partial charge in [0, 0.05) is 17.6 Å². The van der Waals surface area contributed by atoms with E-state index in [1.54, 1.807) is 10.2 Å². The molecule has 0 bridgehead atoms. The van der Waals surface area contributed by atoms with E-state index in [2.05, 4.69) is 0 Å². The Morgan fingerprint density at radius 1 is 1.30 bits per heavy atom. The highest BCUT2D eigenvalue weighted by molar-refractivity contribution is 8.59. The van der Waals surface area contributed by atoms with Crippen molar-refractivity contribution in [1.29, 1.82) is 0 Å². The normalized spacial score (nSPS) is 24.6. The van der Waals surface area contributed by atoms with Crippen LogP contribution in [0, 0.1) is 0 Å². The maximum Gasteiger partial charge on any atom is 0.257 e. The van der Waals surface area contributed by atoms with E-state index in [0.717, 1.165) is 30.3 Å². The SMILES string of the molecule is O=C(CN1CCCCCSP1(=O)c1ccccc1)NO. The summed E-state index contributed by atoms with van der Waals surface area (Å²) in [6.07, 6.45) is 3.02. The van der Waals surface area contributed by atoms with Crippen LogP contribution in [0.1, 0.15) is 19.3 Å². The van der Waals surface area contributed by atoms with Gasteiger partial charge in [-0.25, -0.2) is 10.2 Å². The molecule has 1 atom stereocenters. The molecule has 0 aliphatic carbocycles. The number of carbonyl (C=O) groups excluding carboxylic acids is 1. The second-order valence-corrected chi connectivity index (χ2v) is 9.72. The first-order valence-electron chi connectivity index (χ1n) is 6.65. The van der Waals surface area contributed by atoms with Crippen molar-refractivity contribution in [3.8, 4) is 0 Å². The Hall–Kier alpha value is -0.810. The highest BCUT2D eigenvalue weighted by Crippen LogP contribution is 2.61. The van der Waals surface area contributed by atoms with Crippen molar-refractivity contribution >= 4 is 29.1 Å². The largest absolute Gasteiger partial charge is 0.289 e. The van der Waals surface area contributed by atoms with Crippen LogP contribution in [-0.2, 0) is 9.36 Å². The molecular formula is C13H19N2O3PS. The Bertz CT molecular complexity index is 498. The molecule has 0 saturated carbocycles. The molecule has 1 aliphatic heterocycles. The zero-order chi connectivity index (χ0) is 14.4. The first kappa shape index (κ1) is 15.6. The lowest BCUT2D eigenvalue weighted by atomic mass is 10.2. The summed E-state index contributed by atoms with van der Waals surface area (Å²) in [7, 11) is 0. The third-order valence-corrected chi connectivity index (χ3v) is 9.01. The molecule has 1 saturated heterocycles. The molecular weight excluding hydrogens is 295 g/mol. The molecule has 1 aromatic rings. The van der Waals surface area contributed by atoms with Gasteiger partial charge in [0.1, 0.15) is 0 Å². The second kappa shape index (κ2) is 7.27. The minimum absolute atomic E-state index is 0.0460. The van der Waals surface area contributed by atoms with E-state index < -0.39 is 12.4 Å². The molecule has 2 N–H and O–H groups in total. The summed E-state index contributed by atoms with van der Waals surface area (Å²) in [6.45, 7) is -2.28. The zero-order valence-corrected chi connectivity index (χ0v) is 12.9. The van der Waals surface area contributed by atoms with Crippen molar-refractivity contribution in [2.75, 3.05) is 18.8 Å². The number of carbonyl (C=O) groups is 1. The molecule has 7 heteroatoms. The molecule has 1 amide bonds. The quantitative estimate of drug-likeness (QED) is 0.509. The third kappa shape index (κ3) is 3.64. The summed E-state index contributed by atoms with van der Waals surface area (Å²) in [6, 6.07) is 9.30. The number of hydrogen-bond acceptors (Lipinski definition) is 4. The Balaban J connectivity index is 2.31. The van der Waals surface area contributed by atoms with Crippen molar-refractivity contribution in [2.45, 2.75) is 19.3 Å². The van der Waals surface area contributed by atoms with Gasteiger partial charge in [-0.05, 0) is 25.0 Å². The number of amides is 1. The fourth-order valence-electron chi connectivity index (χ4n) is 2.20. The molecule has 1 fully saturated rings. The van der Waals surface area contributed by atoms with E-state index in [9.17, 15) is 9.36 Å². The van der Waals surface area contributed by atoms with Gasteiger partial charge in [0.05, 0.1) is 6.54 Å². The van der Waals surface area contributed by atoms with Gasteiger partial charge in [0.25, 0.3) is 5.91 Å². The lowest BCUT2D eigenvalue weighted by molar-refractivity contribution is -0.129. The lowest BCUT2D eigenvalue weighted by Gasteiger charge is -2.32. The van der Waals surface area contributed by atoms with Crippen LogP contribution < -0.4 is 10.8 Å². The van der Waals surface area contributed by atoms with Gasteiger partial charge in [-0.2, -0.15) is 0 Å². The zero-order valence-electron chi connectivity index (χ0n) is 11.2. The van der Waals surface area contributed by atoms with Crippen LogP contribution in [0.25, 0.3) is 0 Å². The van der Waals surface area contributed by atoms with Crippen molar-refractivity contribution in [3.63, 3.8) is 0 Å². The summed E-state index contributed by atoms with van der Waals surface area (Å²) in [5.41, 5.74) is 1.63. The average Bonchev–Trinajstić information content (AvgIpc) is 2.47. The summed E-state index contributed by atoms with van der Waals surface area (Å²) < 4.78 is 15.1. The van der Waals surface area contributed by atoms with Crippen LogP contribution in [0.2, 0.25) is 0 Å². The van der Waals surface area contributed by atoms with Gasteiger partial charge in [-0.1, -0.05) is 36.0 Å². The van der Waals surface area contributed by atoms with Gasteiger partial charge in [-0.15, -0.1) is 0 Å². The fourth-order valence-corrected chi connectivity index (χ4v) is 7.54. The second-order valence-electron chi connectivity index (χ2n) is 4.67. The lowest BCUT2D eigenvalue weighted by Crippen LogP contribution is -2.36. The first-order valence-corrected chi connectivity index (χ1v) is 9.90. The predicted octanol–water partition coefficient (Wildman–Crippen LogP) is 2.23. The standard InChI is InChI=1S/C13H19N2O3PS/c16-13(14-17)11-15-9-5-2-6-10-20-19(15,18)12-7-3-1-4-8-12/h1,3-4,7-8,17H,2,5-6,9-11H2,(H,14,16). The van der Waals surface area contributed by atoms with Crippen LogP contribution in [0.4, 0.5) is 0 Å². The summed E-state index contributed by atoms with van der Waals surface area (Å²) >= 11 is 1.43. The Labute approximate surface area is 122 Å². The van der Waals surface area contributed by atoms with Crippen molar-refractivity contribution in [2.24, 2.45) is 0 Å². The van der Waals surface area contributed by atoms with E-state index in [4.69, 9.17) is 5.21 Å². The van der Waals surface area contributed by atoms with Crippen LogP contribution in [0.5, 0.6) is 0 Å². The molecule has 1 aromatic carbocycles. The van der Waals surface area contributed by atoms with E-state index in [1.165, 1.54) is 11.4 Å². The van der Waals surface area contributed by atoms with Gasteiger partial charge in [0.2, 0.25) is 6.49 Å². The molecule has 20 heavy (non-hydrogen) atoms. The molecule has 2 rings (SSSR count). The molecule has 0 spiro atoms. The number of nitrogens with zero attached hydrogens (tertiary/aromatic N) is 1. The molecule has 5 nitrogen and oxygen atoms in total. The van der Waals surface area contributed by atoms with Crippen LogP contribution in [0.15, 0.2) is 30.3 Å². The van der Waals surface area contributed by atoms with Gasteiger partial charge in [0.15, 0.2) is 0 Å². The van der Waals surface area contributed by atoms with Crippen LogP contribution in [-0.4, -0.2) is 34.6 Å².